The van der Waals surface area contributed by atoms with E-state index in [1.54, 1.807) is 0 Å². The molecule has 2 rings (SSSR count). The quantitative estimate of drug-likeness (QED) is 0.376. The molecule has 0 unspecified atom stereocenters. The van der Waals surface area contributed by atoms with Crippen molar-refractivity contribution in [1.29, 1.82) is 0 Å². The summed E-state index contributed by atoms with van der Waals surface area (Å²) in [7, 11) is 0. The van der Waals surface area contributed by atoms with Gasteiger partial charge >= 0.3 is 5.97 Å². The van der Waals surface area contributed by atoms with Gasteiger partial charge in [-0.25, -0.2) is 4.79 Å². The molecule has 2 N–H and O–H groups in total. The van der Waals surface area contributed by atoms with Gasteiger partial charge in [-0.15, -0.1) is 0 Å². The van der Waals surface area contributed by atoms with Crippen LogP contribution in [-0.2, 0) is 6.42 Å². The number of aromatic hydroxyl groups is 1. The first-order valence-corrected chi connectivity index (χ1v) is 10.8. The first kappa shape index (κ1) is 24.1. The first-order chi connectivity index (χ1) is 13.3. The number of carboxylic acid groups (broad SMARTS) is 1. The number of rotatable bonds is 8. The molecular weight excluding hydrogens is 352 g/mol. The Labute approximate surface area is 170 Å². The van der Waals surface area contributed by atoms with Crippen LogP contribution >= 0.6 is 0 Å². The van der Waals surface area contributed by atoms with Gasteiger partial charge in [0.25, 0.3) is 0 Å². The zero-order valence-electron chi connectivity index (χ0n) is 18.5. The van der Waals surface area contributed by atoms with Gasteiger partial charge in [0.1, 0.15) is 17.1 Å². The van der Waals surface area contributed by atoms with Gasteiger partial charge in [0, 0.05) is 11.5 Å². The molecule has 4 heteroatoms. The Morgan fingerprint density at radius 3 is 2.50 bits per heavy atom. The fourth-order valence-corrected chi connectivity index (χ4v) is 3.76. The van der Waals surface area contributed by atoms with Gasteiger partial charge in [0.05, 0.1) is 6.10 Å². The summed E-state index contributed by atoms with van der Waals surface area (Å²) in [6.07, 6.45) is 8.73. The highest BCUT2D eigenvalue weighted by molar-refractivity contribution is 5.94. The number of ether oxygens (including phenoxy) is 1. The number of unbranched alkanes of at least 4 members (excludes halogenated alkanes) is 2. The van der Waals surface area contributed by atoms with Crippen LogP contribution in [0.5, 0.6) is 11.5 Å². The second-order valence-electron chi connectivity index (χ2n) is 7.61. The molecule has 0 bridgehead atoms. The monoisotopic (exact) mass is 390 g/mol. The lowest BCUT2D eigenvalue weighted by Crippen LogP contribution is -2.14. The highest BCUT2D eigenvalue weighted by atomic mass is 16.5. The van der Waals surface area contributed by atoms with E-state index in [4.69, 9.17) is 4.74 Å². The first-order valence-electron chi connectivity index (χ1n) is 10.8. The second-order valence-corrected chi connectivity index (χ2v) is 7.61. The van der Waals surface area contributed by atoms with Gasteiger partial charge in [0.15, 0.2) is 0 Å². The summed E-state index contributed by atoms with van der Waals surface area (Å²) in [5.41, 5.74) is 2.62. The topological polar surface area (TPSA) is 66.8 Å². The van der Waals surface area contributed by atoms with Crippen LogP contribution in [-0.4, -0.2) is 22.3 Å². The van der Waals surface area contributed by atoms with E-state index in [0.29, 0.717) is 23.3 Å². The zero-order valence-corrected chi connectivity index (χ0v) is 18.5. The molecule has 0 radical (unpaired) electrons. The fraction of sp³-hybridized carbons (Fsp3) is 0.625. The van der Waals surface area contributed by atoms with Crippen LogP contribution in [0.1, 0.15) is 107 Å². The van der Waals surface area contributed by atoms with E-state index in [0.717, 1.165) is 38.5 Å². The van der Waals surface area contributed by atoms with Gasteiger partial charge in [0.2, 0.25) is 0 Å². The normalized spacial score (nSPS) is 16.2. The number of aryl methyl sites for hydroxylation is 1. The van der Waals surface area contributed by atoms with Crippen LogP contribution in [0.3, 0.4) is 0 Å². The van der Waals surface area contributed by atoms with Crippen molar-refractivity contribution in [3.8, 4) is 11.5 Å². The molecular formula is C24H38O4. The lowest BCUT2D eigenvalue weighted by Gasteiger charge is -2.26. The van der Waals surface area contributed by atoms with Gasteiger partial charge in [-0.05, 0) is 64.5 Å². The highest BCUT2D eigenvalue weighted by Crippen LogP contribution is 2.44. The molecule has 0 saturated heterocycles. The van der Waals surface area contributed by atoms with E-state index in [1.165, 1.54) is 5.57 Å². The number of benzene rings is 1. The summed E-state index contributed by atoms with van der Waals surface area (Å²) >= 11 is 0. The number of hydrogen-bond donors (Lipinski definition) is 2. The molecule has 1 aromatic rings. The van der Waals surface area contributed by atoms with Crippen molar-refractivity contribution >= 4 is 5.97 Å². The van der Waals surface area contributed by atoms with E-state index < -0.39 is 5.97 Å². The Hall–Kier alpha value is -1.97. The Bertz CT molecular complexity index is 674. The van der Waals surface area contributed by atoms with E-state index in [2.05, 4.69) is 19.9 Å². The van der Waals surface area contributed by atoms with Crippen molar-refractivity contribution in [1.82, 2.24) is 0 Å². The standard InChI is InChI=1S/C22H32O4.C2H6/c1-5-6-7-10-17-13-18(26-14(2)3)19(21(23)20(17)22(24)25)16-11-8-9-15(4)12-16;1-2/h12-14,16,23H,5-11H2,1-4H3,(H,24,25);1-2H3/t16-;/m0./s1. The molecule has 1 aliphatic carbocycles. The van der Waals surface area contributed by atoms with Gasteiger partial charge in [-0.3, -0.25) is 0 Å². The number of hydrogen-bond acceptors (Lipinski definition) is 3. The van der Waals surface area contributed by atoms with Crippen LogP contribution in [0.15, 0.2) is 17.7 Å². The molecule has 0 amide bonds. The maximum absolute atomic E-state index is 11.9. The number of carbonyl (C=O) groups is 1. The van der Waals surface area contributed by atoms with Crippen molar-refractivity contribution in [3.63, 3.8) is 0 Å². The summed E-state index contributed by atoms with van der Waals surface area (Å²) in [4.78, 5) is 11.9. The molecule has 0 fully saturated rings. The Morgan fingerprint density at radius 2 is 1.96 bits per heavy atom. The maximum Gasteiger partial charge on any atom is 0.339 e. The van der Waals surface area contributed by atoms with Crippen LogP contribution in [0.2, 0.25) is 0 Å². The minimum absolute atomic E-state index is 0.000270. The Morgan fingerprint density at radius 1 is 1.29 bits per heavy atom. The van der Waals surface area contributed by atoms with Gasteiger partial charge in [-0.1, -0.05) is 45.3 Å². The lowest BCUT2D eigenvalue weighted by atomic mass is 9.83. The third-order valence-corrected chi connectivity index (χ3v) is 4.95. The number of aromatic carboxylic acids is 1. The van der Waals surface area contributed by atoms with Gasteiger partial charge in [-0.2, -0.15) is 0 Å². The van der Waals surface area contributed by atoms with Crippen molar-refractivity contribution in [3.05, 3.63) is 34.4 Å². The smallest absolute Gasteiger partial charge is 0.339 e. The zero-order chi connectivity index (χ0) is 21.3. The third kappa shape index (κ3) is 6.29. The average Bonchev–Trinajstić information content (AvgIpc) is 2.62. The average molecular weight is 391 g/mol. The van der Waals surface area contributed by atoms with Crippen LogP contribution in [0, 0.1) is 0 Å². The molecule has 0 aliphatic heterocycles. The SMILES string of the molecule is CC.CCCCCc1cc(OC(C)C)c([C@@H]2C=C(C)CCC2)c(O)c1C(=O)O. The predicted molar refractivity (Wildman–Crippen MR) is 116 cm³/mol. The van der Waals surface area contributed by atoms with E-state index in [-0.39, 0.29) is 23.3 Å². The summed E-state index contributed by atoms with van der Waals surface area (Å²) in [6.45, 7) is 12.1. The van der Waals surface area contributed by atoms with Crippen LogP contribution in [0.4, 0.5) is 0 Å². The maximum atomic E-state index is 11.9. The van der Waals surface area contributed by atoms with Crippen LogP contribution in [0.25, 0.3) is 0 Å². The molecule has 0 saturated carbocycles. The van der Waals surface area contributed by atoms with Crippen LogP contribution < -0.4 is 4.74 Å². The molecule has 1 aromatic carbocycles. The number of phenols is 1. The number of allylic oxidation sites excluding steroid dienone is 2. The Balaban J connectivity index is 0.00000190. The molecule has 1 atom stereocenters. The Kier molecular flexibility index (Phi) is 10.1. The molecule has 0 heterocycles. The van der Waals surface area contributed by atoms with E-state index in [1.807, 2.05) is 33.8 Å². The summed E-state index contributed by atoms with van der Waals surface area (Å²) in [5, 5.41) is 20.7. The fourth-order valence-electron chi connectivity index (χ4n) is 3.76. The van der Waals surface area contributed by atoms with Crippen molar-refractivity contribution < 1.29 is 19.7 Å². The molecule has 0 aromatic heterocycles. The summed E-state index contributed by atoms with van der Waals surface area (Å²) in [5.74, 6) is -0.550. The molecule has 0 spiro atoms. The molecule has 28 heavy (non-hydrogen) atoms. The van der Waals surface area contributed by atoms with E-state index in [9.17, 15) is 15.0 Å². The molecule has 158 valence electrons. The lowest BCUT2D eigenvalue weighted by molar-refractivity contribution is 0.0692. The minimum Gasteiger partial charge on any atom is -0.507 e. The van der Waals surface area contributed by atoms with Crippen molar-refractivity contribution in [2.45, 2.75) is 98.5 Å². The van der Waals surface area contributed by atoms with Crippen molar-refractivity contribution in [2.75, 3.05) is 0 Å². The highest BCUT2D eigenvalue weighted by Gasteiger charge is 2.28. The third-order valence-electron chi connectivity index (χ3n) is 4.95. The van der Waals surface area contributed by atoms with Crippen molar-refractivity contribution in [2.24, 2.45) is 0 Å². The summed E-state index contributed by atoms with van der Waals surface area (Å²) < 4.78 is 6.01. The minimum atomic E-state index is -1.07. The van der Waals surface area contributed by atoms with E-state index >= 15 is 0 Å². The largest absolute Gasteiger partial charge is 0.507 e. The second kappa shape index (κ2) is 11.8. The van der Waals surface area contributed by atoms with Gasteiger partial charge < -0.3 is 14.9 Å². The number of carboxylic acids is 1. The summed E-state index contributed by atoms with van der Waals surface area (Å²) in [6, 6.07) is 1.85. The molecule has 4 nitrogen and oxygen atoms in total. The predicted octanol–water partition coefficient (Wildman–Crippen LogP) is 6.85. The molecule has 1 aliphatic rings.